The maximum absolute atomic E-state index is 12.5. The molecule has 0 radical (unpaired) electrons. The topological polar surface area (TPSA) is 55.1 Å². The van der Waals surface area contributed by atoms with Crippen molar-refractivity contribution < 1.29 is 9.32 Å². The maximum Gasteiger partial charge on any atom is 0.257 e. The SMILES string of the molecule is C[C@H](NC(=O)c1conc1-c1ccccc1)c1ccccc1. The number of benzene rings is 2. The van der Waals surface area contributed by atoms with Crippen molar-refractivity contribution in [3.05, 3.63) is 78.1 Å². The molecule has 0 spiro atoms. The number of nitrogens with one attached hydrogen (secondary N) is 1. The van der Waals surface area contributed by atoms with Crippen LogP contribution in [0.4, 0.5) is 0 Å². The Morgan fingerprint density at radius 2 is 1.68 bits per heavy atom. The van der Waals surface area contributed by atoms with Gasteiger partial charge in [-0.3, -0.25) is 4.79 Å². The zero-order valence-corrected chi connectivity index (χ0v) is 12.2. The zero-order chi connectivity index (χ0) is 15.4. The number of carbonyl (C=O) groups excluding carboxylic acids is 1. The van der Waals surface area contributed by atoms with Crippen LogP contribution in [0.3, 0.4) is 0 Å². The highest BCUT2D eigenvalue weighted by Gasteiger charge is 2.19. The normalized spacial score (nSPS) is 11.9. The van der Waals surface area contributed by atoms with Crippen LogP contribution in [0.15, 0.2) is 71.4 Å². The van der Waals surface area contributed by atoms with Gasteiger partial charge in [-0.25, -0.2) is 0 Å². The Bertz CT molecular complexity index is 751. The second-order valence-electron chi connectivity index (χ2n) is 5.05. The number of amides is 1. The molecular formula is C18H16N2O2. The molecule has 110 valence electrons. The first-order chi connectivity index (χ1) is 10.8. The van der Waals surface area contributed by atoms with Gasteiger partial charge in [-0.15, -0.1) is 0 Å². The molecule has 1 amide bonds. The molecule has 3 aromatic rings. The number of hydrogen-bond acceptors (Lipinski definition) is 3. The summed E-state index contributed by atoms with van der Waals surface area (Å²) in [7, 11) is 0. The molecule has 0 aliphatic rings. The van der Waals surface area contributed by atoms with Crippen LogP contribution in [0.2, 0.25) is 0 Å². The van der Waals surface area contributed by atoms with E-state index in [0.717, 1.165) is 11.1 Å². The third-order valence-corrected chi connectivity index (χ3v) is 3.51. The average molecular weight is 292 g/mol. The summed E-state index contributed by atoms with van der Waals surface area (Å²) < 4.78 is 5.00. The molecule has 0 fully saturated rings. The minimum atomic E-state index is -0.198. The fraction of sp³-hybridized carbons (Fsp3) is 0.111. The van der Waals surface area contributed by atoms with Crippen LogP contribution in [0.5, 0.6) is 0 Å². The summed E-state index contributed by atoms with van der Waals surface area (Å²) in [6.45, 7) is 1.95. The van der Waals surface area contributed by atoms with Crippen LogP contribution in [0.1, 0.15) is 28.9 Å². The van der Waals surface area contributed by atoms with Gasteiger partial charge in [-0.1, -0.05) is 65.8 Å². The largest absolute Gasteiger partial charge is 0.363 e. The van der Waals surface area contributed by atoms with E-state index < -0.39 is 0 Å². The first-order valence-corrected chi connectivity index (χ1v) is 7.11. The minimum absolute atomic E-state index is 0.0905. The second-order valence-corrected chi connectivity index (χ2v) is 5.05. The van der Waals surface area contributed by atoms with Gasteiger partial charge in [-0.05, 0) is 12.5 Å². The van der Waals surface area contributed by atoms with Crippen LogP contribution in [-0.2, 0) is 0 Å². The molecule has 0 aliphatic carbocycles. The molecule has 1 atom stereocenters. The molecule has 3 rings (SSSR count). The van der Waals surface area contributed by atoms with E-state index in [0.29, 0.717) is 11.3 Å². The number of hydrogen-bond donors (Lipinski definition) is 1. The van der Waals surface area contributed by atoms with E-state index >= 15 is 0 Å². The lowest BCUT2D eigenvalue weighted by molar-refractivity contribution is 0.0940. The van der Waals surface area contributed by atoms with Gasteiger partial charge in [0.15, 0.2) is 0 Å². The highest BCUT2D eigenvalue weighted by Crippen LogP contribution is 2.22. The Morgan fingerprint density at radius 3 is 2.36 bits per heavy atom. The Morgan fingerprint density at radius 1 is 1.05 bits per heavy atom. The van der Waals surface area contributed by atoms with Gasteiger partial charge in [0.25, 0.3) is 5.91 Å². The van der Waals surface area contributed by atoms with Gasteiger partial charge in [0, 0.05) is 5.56 Å². The summed E-state index contributed by atoms with van der Waals surface area (Å²) in [5.41, 5.74) is 2.90. The van der Waals surface area contributed by atoms with Gasteiger partial charge in [0.05, 0.1) is 6.04 Å². The van der Waals surface area contributed by atoms with Crippen molar-refractivity contribution in [3.63, 3.8) is 0 Å². The lowest BCUT2D eigenvalue weighted by Crippen LogP contribution is -2.26. The minimum Gasteiger partial charge on any atom is -0.363 e. The number of rotatable bonds is 4. The van der Waals surface area contributed by atoms with E-state index in [1.165, 1.54) is 6.26 Å². The van der Waals surface area contributed by atoms with Gasteiger partial charge >= 0.3 is 0 Å². The predicted octanol–water partition coefficient (Wildman–Crippen LogP) is 3.83. The highest BCUT2D eigenvalue weighted by molar-refractivity contribution is 5.99. The van der Waals surface area contributed by atoms with Crippen LogP contribution in [0, 0.1) is 0 Å². The van der Waals surface area contributed by atoms with Crippen LogP contribution in [0.25, 0.3) is 11.3 Å². The van der Waals surface area contributed by atoms with E-state index in [1.807, 2.05) is 67.6 Å². The zero-order valence-electron chi connectivity index (χ0n) is 12.2. The smallest absolute Gasteiger partial charge is 0.257 e. The number of nitrogens with zero attached hydrogens (tertiary/aromatic N) is 1. The third-order valence-electron chi connectivity index (χ3n) is 3.51. The predicted molar refractivity (Wildman–Crippen MR) is 84.3 cm³/mol. The van der Waals surface area contributed by atoms with E-state index in [9.17, 15) is 4.79 Å². The molecule has 1 aromatic heterocycles. The lowest BCUT2D eigenvalue weighted by Gasteiger charge is -2.13. The van der Waals surface area contributed by atoms with Gasteiger partial charge in [0.2, 0.25) is 0 Å². The summed E-state index contributed by atoms with van der Waals surface area (Å²) in [5, 5.41) is 6.92. The molecule has 0 aliphatic heterocycles. The van der Waals surface area contributed by atoms with E-state index in [2.05, 4.69) is 10.5 Å². The fourth-order valence-electron chi connectivity index (χ4n) is 2.30. The first-order valence-electron chi connectivity index (χ1n) is 7.11. The third kappa shape index (κ3) is 2.91. The molecule has 0 unspecified atom stereocenters. The Hall–Kier alpha value is -2.88. The molecule has 1 N–H and O–H groups in total. The molecule has 22 heavy (non-hydrogen) atoms. The molecule has 0 saturated carbocycles. The quantitative estimate of drug-likeness (QED) is 0.795. The maximum atomic E-state index is 12.5. The standard InChI is InChI=1S/C18H16N2O2/c1-13(14-8-4-2-5-9-14)19-18(21)16-12-22-20-17(16)15-10-6-3-7-11-15/h2-13H,1H3,(H,19,21)/t13-/m0/s1. The summed E-state index contributed by atoms with van der Waals surface area (Å²) in [6, 6.07) is 19.2. The monoisotopic (exact) mass is 292 g/mol. The Kier molecular flexibility index (Phi) is 4.01. The van der Waals surface area contributed by atoms with Crippen LogP contribution < -0.4 is 5.32 Å². The first kappa shape index (κ1) is 14.1. The van der Waals surface area contributed by atoms with Gasteiger partial charge < -0.3 is 9.84 Å². The summed E-state index contributed by atoms with van der Waals surface area (Å²) in [5.74, 6) is -0.198. The highest BCUT2D eigenvalue weighted by atomic mass is 16.5. The van der Waals surface area contributed by atoms with Crippen molar-refractivity contribution >= 4 is 5.91 Å². The summed E-state index contributed by atoms with van der Waals surface area (Å²) >= 11 is 0. The second kappa shape index (κ2) is 6.26. The van der Waals surface area contributed by atoms with Crippen molar-refractivity contribution in [1.29, 1.82) is 0 Å². The molecule has 4 heteroatoms. The van der Waals surface area contributed by atoms with Crippen molar-refractivity contribution in [2.75, 3.05) is 0 Å². The molecule has 2 aromatic carbocycles. The summed E-state index contributed by atoms with van der Waals surface area (Å²) in [6.07, 6.45) is 1.38. The van der Waals surface area contributed by atoms with Gasteiger partial charge in [0.1, 0.15) is 17.5 Å². The van der Waals surface area contributed by atoms with Crippen LogP contribution >= 0.6 is 0 Å². The van der Waals surface area contributed by atoms with Crippen molar-refractivity contribution in [2.45, 2.75) is 13.0 Å². The van der Waals surface area contributed by atoms with E-state index in [-0.39, 0.29) is 11.9 Å². The van der Waals surface area contributed by atoms with Gasteiger partial charge in [-0.2, -0.15) is 0 Å². The summed E-state index contributed by atoms with van der Waals surface area (Å²) in [4.78, 5) is 12.5. The molecule has 0 bridgehead atoms. The average Bonchev–Trinajstić information content (AvgIpc) is 3.06. The number of aromatic nitrogens is 1. The van der Waals surface area contributed by atoms with Crippen molar-refractivity contribution in [3.8, 4) is 11.3 Å². The lowest BCUT2D eigenvalue weighted by atomic mass is 10.1. The fourth-order valence-corrected chi connectivity index (χ4v) is 2.30. The van der Waals surface area contributed by atoms with Crippen molar-refractivity contribution in [1.82, 2.24) is 10.5 Å². The molecular weight excluding hydrogens is 276 g/mol. The molecule has 0 saturated heterocycles. The van der Waals surface area contributed by atoms with E-state index in [1.54, 1.807) is 0 Å². The van der Waals surface area contributed by atoms with E-state index in [4.69, 9.17) is 4.52 Å². The number of carbonyl (C=O) groups is 1. The van der Waals surface area contributed by atoms with Crippen molar-refractivity contribution in [2.24, 2.45) is 0 Å². The molecule has 4 nitrogen and oxygen atoms in total. The Labute approximate surface area is 128 Å². The van der Waals surface area contributed by atoms with Crippen LogP contribution in [-0.4, -0.2) is 11.1 Å². The Balaban J connectivity index is 1.81. The molecule has 1 heterocycles.